The maximum atomic E-state index is 11.4. The van der Waals surface area contributed by atoms with Crippen LogP contribution < -0.4 is 9.47 Å². The van der Waals surface area contributed by atoms with Crippen LogP contribution in [-0.4, -0.2) is 37.4 Å². The number of Topliss-reactive ketones (excluding diaryl/α,β-unsaturated/α-hetero) is 4. The molecule has 2 rings (SSSR count). The van der Waals surface area contributed by atoms with Crippen LogP contribution in [0.15, 0.2) is 48.5 Å². The summed E-state index contributed by atoms with van der Waals surface area (Å²) in [6.45, 7) is 2.81. The van der Waals surface area contributed by atoms with Gasteiger partial charge in [-0.15, -0.1) is 0 Å². The SMILES string of the molecule is COc1ccc(C(=O)CC(C)=O)cc1.COc1cccc(C(=O)CC(C)=O)c1. The Hall–Kier alpha value is -3.28. The normalized spacial score (nSPS) is 9.57. The first-order chi connectivity index (χ1) is 13.3. The molecule has 0 unspecified atom stereocenters. The molecule has 28 heavy (non-hydrogen) atoms. The summed E-state index contributed by atoms with van der Waals surface area (Å²) in [5, 5.41) is 0. The predicted molar refractivity (Wildman–Crippen MR) is 105 cm³/mol. The van der Waals surface area contributed by atoms with E-state index in [1.54, 1.807) is 55.6 Å². The molecule has 0 radical (unpaired) electrons. The maximum absolute atomic E-state index is 11.4. The topological polar surface area (TPSA) is 86.7 Å². The number of hydrogen-bond acceptors (Lipinski definition) is 6. The fraction of sp³-hybridized carbons (Fsp3) is 0.273. The van der Waals surface area contributed by atoms with Crippen molar-refractivity contribution in [3.63, 3.8) is 0 Å². The van der Waals surface area contributed by atoms with Gasteiger partial charge in [-0.2, -0.15) is 0 Å². The van der Waals surface area contributed by atoms with E-state index in [-0.39, 0.29) is 36.0 Å². The summed E-state index contributed by atoms with van der Waals surface area (Å²) >= 11 is 0. The van der Waals surface area contributed by atoms with E-state index < -0.39 is 0 Å². The van der Waals surface area contributed by atoms with E-state index in [9.17, 15) is 19.2 Å². The van der Waals surface area contributed by atoms with Crippen LogP contribution >= 0.6 is 0 Å². The Morgan fingerprint density at radius 3 is 1.64 bits per heavy atom. The summed E-state index contributed by atoms with van der Waals surface area (Å²) in [5.41, 5.74) is 1.06. The molecule has 0 saturated heterocycles. The molecule has 0 saturated carbocycles. The highest BCUT2D eigenvalue weighted by Gasteiger charge is 2.09. The summed E-state index contributed by atoms with van der Waals surface area (Å²) < 4.78 is 9.92. The van der Waals surface area contributed by atoms with E-state index in [1.165, 1.54) is 21.0 Å². The van der Waals surface area contributed by atoms with Crippen molar-refractivity contribution in [1.29, 1.82) is 0 Å². The fourth-order valence-corrected chi connectivity index (χ4v) is 2.23. The quantitative estimate of drug-likeness (QED) is 0.509. The molecular formula is C22H24O6. The maximum Gasteiger partial charge on any atom is 0.170 e. The number of methoxy groups -OCH3 is 2. The first-order valence-electron chi connectivity index (χ1n) is 8.60. The first-order valence-corrected chi connectivity index (χ1v) is 8.60. The first kappa shape index (κ1) is 22.8. The van der Waals surface area contributed by atoms with Gasteiger partial charge in [0, 0.05) is 11.1 Å². The molecule has 0 spiro atoms. The lowest BCUT2D eigenvalue weighted by Gasteiger charge is -2.02. The number of hydrogen-bond donors (Lipinski definition) is 0. The lowest BCUT2D eigenvalue weighted by atomic mass is 10.1. The molecule has 148 valence electrons. The summed E-state index contributed by atoms with van der Waals surface area (Å²) in [6, 6.07) is 13.5. The zero-order chi connectivity index (χ0) is 21.1. The molecule has 0 heterocycles. The van der Waals surface area contributed by atoms with Crippen molar-refractivity contribution in [1.82, 2.24) is 0 Å². The number of ether oxygens (including phenoxy) is 2. The van der Waals surface area contributed by atoms with E-state index in [1.807, 2.05) is 0 Å². The van der Waals surface area contributed by atoms with Crippen LogP contribution in [0, 0.1) is 0 Å². The van der Waals surface area contributed by atoms with Crippen LogP contribution in [0.3, 0.4) is 0 Å². The van der Waals surface area contributed by atoms with E-state index in [0.29, 0.717) is 22.6 Å². The van der Waals surface area contributed by atoms with E-state index in [2.05, 4.69) is 0 Å². The Labute approximate surface area is 164 Å². The predicted octanol–water partition coefficient (Wildman–Crippen LogP) is 3.71. The molecule has 6 heteroatoms. The highest BCUT2D eigenvalue weighted by atomic mass is 16.5. The molecule has 0 bridgehead atoms. The summed E-state index contributed by atoms with van der Waals surface area (Å²) in [5.74, 6) is 0.754. The van der Waals surface area contributed by atoms with Crippen molar-refractivity contribution < 1.29 is 28.7 Å². The molecule has 2 aromatic carbocycles. The van der Waals surface area contributed by atoms with Crippen molar-refractivity contribution in [3.05, 3.63) is 59.7 Å². The van der Waals surface area contributed by atoms with Crippen LogP contribution in [0.25, 0.3) is 0 Å². The van der Waals surface area contributed by atoms with Crippen molar-refractivity contribution in [2.24, 2.45) is 0 Å². The Balaban J connectivity index is 0.000000280. The standard InChI is InChI=1S/2C11H12O3/c1-8(12)7-11(13)9-3-5-10(14-2)6-4-9;1-8(12)6-11(13)9-4-3-5-10(7-9)14-2/h3-6H,7H2,1-2H3;3-5,7H,6H2,1-2H3. The molecule has 0 atom stereocenters. The molecular weight excluding hydrogens is 360 g/mol. The number of carbonyl (C=O) groups excluding carboxylic acids is 4. The summed E-state index contributed by atoms with van der Waals surface area (Å²) in [4.78, 5) is 44.3. The van der Waals surface area contributed by atoms with Gasteiger partial charge in [0.05, 0.1) is 27.1 Å². The van der Waals surface area contributed by atoms with Crippen molar-refractivity contribution in [2.75, 3.05) is 14.2 Å². The third-order valence-electron chi connectivity index (χ3n) is 3.62. The van der Waals surface area contributed by atoms with Gasteiger partial charge < -0.3 is 9.47 Å². The van der Waals surface area contributed by atoms with E-state index in [4.69, 9.17) is 9.47 Å². The Bertz CT molecular complexity index is 836. The Morgan fingerprint density at radius 2 is 1.18 bits per heavy atom. The third kappa shape index (κ3) is 7.95. The van der Waals surface area contributed by atoms with Gasteiger partial charge in [-0.25, -0.2) is 0 Å². The average molecular weight is 384 g/mol. The Kier molecular flexibility index (Phi) is 9.30. The van der Waals surface area contributed by atoms with Crippen LogP contribution in [0.5, 0.6) is 11.5 Å². The monoisotopic (exact) mass is 384 g/mol. The fourth-order valence-electron chi connectivity index (χ4n) is 2.23. The van der Waals surface area contributed by atoms with Crippen molar-refractivity contribution in [2.45, 2.75) is 26.7 Å². The largest absolute Gasteiger partial charge is 0.497 e. The number of ketones is 4. The van der Waals surface area contributed by atoms with Crippen LogP contribution in [0.1, 0.15) is 47.4 Å². The molecule has 0 fully saturated rings. The lowest BCUT2D eigenvalue weighted by molar-refractivity contribution is -0.117. The van der Waals surface area contributed by atoms with Gasteiger partial charge in [-0.05, 0) is 50.2 Å². The zero-order valence-electron chi connectivity index (χ0n) is 16.5. The zero-order valence-corrected chi connectivity index (χ0v) is 16.5. The minimum absolute atomic E-state index is 0.0354. The summed E-state index contributed by atoms with van der Waals surface area (Å²) in [7, 11) is 3.10. The molecule has 0 aliphatic carbocycles. The van der Waals surface area contributed by atoms with Gasteiger partial charge in [-0.3, -0.25) is 19.2 Å². The van der Waals surface area contributed by atoms with E-state index in [0.717, 1.165) is 0 Å². The summed E-state index contributed by atoms with van der Waals surface area (Å²) in [6.07, 6.45) is -0.0838. The number of benzene rings is 2. The second kappa shape index (κ2) is 11.4. The lowest BCUT2D eigenvalue weighted by Crippen LogP contribution is -2.04. The smallest absolute Gasteiger partial charge is 0.170 e. The van der Waals surface area contributed by atoms with Crippen molar-refractivity contribution in [3.8, 4) is 11.5 Å². The molecule has 0 amide bonds. The van der Waals surface area contributed by atoms with Gasteiger partial charge in [0.15, 0.2) is 11.6 Å². The molecule has 0 aliphatic rings. The van der Waals surface area contributed by atoms with Crippen LogP contribution in [0.2, 0.25) is 0 Å². The van der Waals surface area contributed by atoms with Gasteiger partial charge >= 0.3 is 0 Å². The van der Waals surface area contributed by atoms with Gasteiger partial charge in [0.1, 0.15) is 23.1 Å². The van der Waals surface area contributed by atoms with Gasteiger partial charge in [-0.1, -0.05) is 12.1 Å². The highest BCUT2D eigenvalue weighted by Crippen LogP contribution is 2.14. The molecule has 6 nitrogen and oxygen atoms in total. The second-order valence-electron chi connectivity index (χ2n) is 6.06. The molecule has 0 N–H and O–H groups in total. The van der Waals surface area contributed by atoms with Crippen molar-refractivity contribution >= 4 is 23.1 Å². The molecule has 0 aliphatic heterocycles. The van der Waals surface area contributed by atoms with Crippen LogP contribution in [0.4, 0.5) is 0 Å². The average Bonchev–Trinajstić information content (AvgIpc) is 2.67. The third-order valence-corrected chi connectivity index (χ3v) is 3.62. The van der Waals surface area contributed by atoms with E-state index >= 15 is 0 Å². The number of carbonyl (C=O) groups is 4. The Morgan fingerprint density at radius 1 is 0.679 bits per heavy atom. The second-order valence-corrected chi connectivity index (χ2v) is 6.06. The highest BCUT2D eigenvalue weighted by molar-refractivity contribution is 6.08. The van der Waals surface area contributed by atoms with Gasteiger partial charge in [0.2, 0.25) is 0 Å². The number of rotatable bonds is 8. The minimum Gasteiger partial charge on any atom is -0.497 e. The van der Waals surface area contributed by atoms with Gasteiger partial charge in [0.25, 0.3) is 0 Å². The molecule has 0 aromatic heterocycles. The van der Waals surface area contributed by atoms with Crippen LogP contribution in [-0.2, 0) is 9.59 Å². The molecule has 2 aromatic rings. The minimum atomic E-state index is -0.170.